The van der Waals surface area contributed by atoms with Crippen molar-refractivity contribution in [1.82, 2.24) is 9.37 Å². The lowest BCUT2D eigenvalue weighted by Gasteiger charge is -2.27. The van der Waals surface area contributed by atoms with Crippen LogP contribution in [0.15, 0.2) is 94.4 Å². The molecule has 0 radical (unpaired) electrons. The summed E-state index contributed by atoms with van der Waals surface area (Å²) in [4.78, 5) is 42.6. The summed E-state index contributed by atoms with van der Waals surface area (Å²) in [6.45, 7) is 11.3. The molecule has 2 N–H and O–H groups in total. The zero-order valence-corrected chi connectivity index (χ0v) is 36.8. The molecular weight excluding hydrogens is 837 g/mol. The molecule has 0 unspecified atom stereocenters. The predicted molar refractivity (Wildman–Crippen MR) is 225 cm³/mol. The minimum atomic E-state index is -4.40. The first kappa shape index (κ1) is 46.6. The number of rotatable bonds is 19. The van der Waals surface area contributed by atoms with Crippen molar-refractivity contribution < 1.29 is 59.8 Å². The number of carbonyl (C=O) groups is 3. The maximum atomic E-state index is 13.6. The summed E-state index contributed by atoms with van der Waals surface area (Å²) in [6.07, 6.45) is 14.0. The lowest BCUT2D eigenvalue weighted by Crippen LogP contribution is -2.33. The molecular formula is C41H51N4O12S3+. The van der Waals surface area contributed by atoms with Crippen LogP contribution in [0.2, 0.25) is 0 Å². The molecule has 3 aliphatic rings. The van der Waals surface area contributed by atoms with E-state index in [-0.39, 0.29) is 42.0 Å². The van der Waals surface area contributed by atoms with Crippen LogP contribution in [-0.4, -0.2) is 96.5 Å². The third-order valence-electron chi connectivity index (χ3n) is 10.7. The van der Waals surface area contributed by atoms with Crippen molar-refractivity contribution in [3.05, 3.63) is 95.8 Å². The largest absolute Gasteiger partial charge is 0.344 e. The second-order valence-electron chi connectivity index (χ2n) is 15.3. The molecule has 0 saturated carbocycles. The van der Waals surface area contributed by atoms with Gasteiger partial charge in [0, 0.05) is 91.7 Å². The maximum absolute atomic E-state index is 13.6. The molecule has 0 aliphatic carbocycles. The Morgan fingerprint density at radius 3 is 2.23 bits per heavy atom. The Morgan fingerprint density at radius 1 is 0.917 bits per heavy atom. The number of allylic oxidation sites excluding steroid dienone is 8. The van der Waals surface area contributed by atoms with Crippen molar-refractivity contribution in [2.24, 2.45) is 0 Å². The first-order valence-electron chi connectivity index (χ1n) is 19.3. The van der Waals surface area contributed by atoms with E-state index in [4.69, 9.17) is 10.1 Å². The van der Waals surface area contributed by atoms with Crippen molar-refractivity contribution in [2.75, 3.05) is 37.3 Å². The Bertz CT molecular complexity index is 2370. The fourth-order valence-corrected chi connectivity index (χ4v) is 9.69. The molecule has 19 heteroatoms. The molecule has 60 heavy (non-hydrogen) atoms. The van der Waals surface area contributed by atoms with Crippen LogP contribution in [0.3, 0.4) is 0 Å². The van der Waals surface area contributed by atoms with Crippen LogP contribution < -0.4 is 4.90 Å². The van der Waals surface area contributed by atoms with Gasteiger partial charge in [-0.1, -0.05) is 49.3 Å². The monoisotopic (exact) mass is 887 g/mol. The Hall–Kier alpha value is -4.47. The van der Waals surface area contributed by atoms with Crippen molar-refractivity contribution in [2.45, 2.75) is 87.3 Å². The fourth-order valence-electron chi connectivity index (χ4n) is 7.59. The highest BCUT2D eigenvalue weighted by Gasteiger charge is 2.45. The van der Waals surface area contributed by atoms with E-state index in [2.05, 4.69) is 18.8 Å². The third-order valence-corrected chi connectivity index (χ3v) is 14.1. The molecule has 2 aromatic carbocycles. The van der Waals surface area contributed by atoms with Gasteiger partial charge in [0.1, 0.15) is 6.54 Å². The molecule has 0 aromatic heterocycles. The summed E-state index contributed by atoms with van der Waals surface area (Å²) in [7, 11) is -6.90. The molecule has 0 spiro atoms. The average Bonchev–Trinajstić information content (AvgIpc) is 3.71. The molecule has 2 aromatic rings. The number of hydroxylamine groups is 2. The molecule has 3 heterocycles. The van der Waals surface area contributed by atoms with Gasteiger partial charge in [-0.25, -0.2) is 22.8 Å². The molecule has 1 saturated heterocycles. The van der Waals surface area contributed by atoms with E-state index in [9.17, 15) is 35.8 Å². The molecule has 3 aliphatic heterocycles. The molecule has 0 atom stereocenters. The van der Waals surface area contributed by atoms with Crippen molar-refractivity contribution in [1.29, 1.82) is 0 Å². The van der Waals surface area contributed by atoms with E-state index in [1.54, 1.807) is 24.3 Å². The van der Waals surface area contributed by atoms with Crippen molar-refractivity contribution in [3.8, 4) is 0 Å². The topological polar surface area (TPSA) is 200 Å². The number of benzene rings is 2. The van der Waals surface area contributed by atoms with E-state index in [0.717, 1.165) is 46.0 Å². The third kappa shape index (κ3) is 10.0. The van der Waals surface area contributed by atoms with Gasteiger partial charge >= 0.3 is 5.97 Å². The van der Waals surface area contributed by atoms with E-state index >= 15 is 0 Å². The zero-order chi connectivity index (χ0) is 44.0. The van der Waals surface area contributed by atoms with Crippen LogP contribution in [0.1, 0.15) is 77.8 Å². The standard InChI is InChI=1S/C41H50N4O12S3/c1-7-43-33-20-18-29(59(50,51)42(6)24-13-17-39(48)55-45-37(46)22-23-38(45)47)27-31(33)40(2,3)35(43)15-11-9-8-10-12-16-36-41(4,5)32-28-30(60(52,53)54)19-21-34(32)44(36)25-14-26-58-57-56-49/h8-12,15-16,18-21,27-28H,7,13-14,17,22-26H2,1-6H3,(H-,49,52,53,54)/p+1. The van der Waals surface area contributed by atoms with Crippen LogP contribution >= 0.6 is 12.0 Å². The van der Waals surface area contributed by atoms with E-state index < -0.39 is 48.8 Å². The average molecular weight is 888 g/mol. The molecule has 5 rings (SSSR count). The normalized spacial score (nSPS) is 18.4. The molecule has 16 nitrogen and oxygen atoms in total. The Labute approximate surface area is 355 Å². The lowest BCUT2D eigenvalue weighted by atomic mass is 9.81. The second-order valence-corrected chi connectivity index (χ2v) is 19.6. The summed E-state index contributed by atoms with van der Waals surface area (Å²) < 4.78 is 68.7. The molecule has 1 fully saturated rings. The predicted octanol–water partition coefficient (Wildman–Crippen LogP) is 6.15. The number of imide groups is 1. The number of anilines is 1. The Kier molecular flexibility index (Phi) is 14.8. The van der Waals surface area contributed by atoms with Gasteiger partial charge in [0.05, 0.1) is 15.2 Å². The van der Waals surface area contributed by atoms with Gasteiger partial charge in [-0.3, -0.25) is 14.1 Å². The second kappa shape index (κ2) is 19.1. The van der Waals surface area contributed by atoms with Crippen LogP contribution in [0.25, 0.3) is 0 Å². The van der Waals surface area contributed by atoms with E-state index in [0.29, 0.717) is 30.3 Å². The van der Waals surface area contributed by atoms with Gasteiger partial charge in [0.15, 0.2) is 5.71 Å². The Balaban J connectivity index is 1.26. The maximum Gasteiger partial charge on any atom is 0.333 e. The first-order chi connectivity index (χ1) is 28.3. The molecule has 2 amide bonds. The number of nitrogens with zero attached hydrogens (tertiary/aromatic N) is 4. The first-order valence-corrected chi connectivity index (χ1v) is 23.1. The fraction of sp³-hybridized carbons (Fsp3) is 0.415. The minimum absolute atomic E-state index is 0.0117. The minimum Gasteiger partial charge on any atom is -0.344 e. The highest BCUT2D eigenvalue weighted by atomic mass is 32.2. The van der Waals surface area contributed by atoms with Gasteiger partial charge in [-0.05, 0) is 75.6 Å². The number of hydrogen-bond donors (Lipinski definition) is 2. The highest BCUT2D eigenvalue weighted by Crippen LogP contribution is 2.48. The van der Waals surface area contributed by atoms with Gasteiger partial charge in [0.25, 0.3) is 21.9 Å². The van der Waals surface area contributed by atoms with Crippen LogP contribution in [0, 0.1) is 0 Å². The molecule has 324 valence electrons. The number of carbonyl (C=O) groups excluding carboxylic acids is 3. The highest BCUT2D eigenvalue weighted by molar-refractivity contribution is 7.94. The van der Waals surface area contributed by atoms with Crippen LogP contribution in [0.4, 0.5) is 11.4 Å². The van der Waals surface area contributed by atoms with E-state index in [1.165, 1.54) is 23.5 Å². The van der Waals surface area contributed by atoms with Gasteiger partial charge in [-0.15, -0.1) is 9.40 Å². The van der Waals surface area contributed by atoms with Gasteiger partial charge < -0.3 is 9.74 Å². The van der Waals surface area contributed by atoms with Crippen molar-refractivity contribution in [3.63, 3.8) is 0 Å². The summed E-state index contributed by atoms with van der Waals surface area (Å²) in [5.41, 5.74) is 4.05. The van der Waals surface area contributed by atoms with E-state index in [1.807, 2.05) is 77.2 Å². The number of sulfonamides is 1. The van der Waals surface area contributed by atoms with Crippen molar-refractivity contribution >= 4 is 67.1 Å². The number of amides is 2. The summed E-state index contributed by atoms with van der Waals surface area (Å²) in [6, 6.07) is 9.64. The summed E-state index contributed by atoms with van der Waals surface area (Å²) >= 11 is 0.952. The number of fused-ring (bicyclic) bond motifs is 2. The van der Waals surface area contributed by atoms with Gasteiger partial charge in [-0.2, -0.15) is 13.0 Å². The summed E-state index contributed by atoms with van der Waals surface area (Å²) in [5.74, 6) is -1.44. The summed E-state index contributed by atoms with van der Waals surface area (Å²) in [5, 5.41) is 12.6. The van der Waals surface area contributed by atoms with Crippen LogP contribution in [-0.2, 0) is 59.6 Å². The SMILES string of the molecule is CC[N+]1=C(/C=C/C=C/C=C/C=C2/N(CCCSOOO)c3ccc(S(=O)(=O)O)cc3C2(C)C)C(C)(C)c2cc(S(=O)(=O)N(C)CCCC(=O)ON3C(=O)CCC3=O)ccc21. The lowest BCUT2D eigenvalue weighted by molar-refractivity contribution is -0.433. The van der Waals surface area contributed by atoms with Crippen LogP contribution in [0.5, 0.6) is 0 Å². The molecule has 0 bridgehead atoms. The van der Waals surface area contributed by atoms with Gasteiger partial charge in [0.2, 0.25) is 15.7 Å². The zero-order valence-electron chi connectivity index (χ0n) is 34.4. The number of hydrogen-bond acceptors (Lipinski definition) is 13. The smallest absolute Gasteiger partial charge is 0.333 e. The Morgan fingerprint density at radius 2 is 1.57 bits per heavy atom. The quantitative estimate of drug-likeness (QED) is 0.0238.